The van der Waals surface area contributed by atoms with Gasteiger partial charge in [-0.3, -0.25) is 19.5 Å². The summed E-state index contributed by atoms with van der Waals surface area (Å²) in [4.78, 5) is 27.1. The molecule has 0 aliphatic carbocycles. The molecule has 27 heavy (non-hydrogen) atoms. The number of benzene rings is 2. The lowest BCUT2D eigenvalue weighted by Gasteiger charge is -2.05. The summed E-state index contributed by atoms with van der Waals surface area (Å²) < 4.78 is 1.92. The number of hydrogen-bond donors (Lipinski definition) is 1. The molecule has 1 amide bonds. The first kappa shape index (κ1) is 17.3. The maximum absolute atomic E-state index is 12.4. The molecule has 9 heteroatoms. The van der Waals surface area contributed by atoms with E-state index < -0.39 is 10.8 Å². The van der Waals surface area contributed by atoms with Gasteiger partial charge in [-0.2, -0.15) is 0 Å². The van der Waals surface area contributed by atoms with Gasteiger partial charge in [0.15, 0.2) is 3.95 Å². The molecular weight excluding hydrogens is 386 g/mol. The van der Waals surface area contributed by atoms with Crippen LogP contribution in [0.4, 0.5) is 5.69 Å². The summed E-state index contributed by atoms with van der Waals surface area (Å²) in [7, 11) is 0. The molecule has 4 rings (SSSR count). The molecule has 0 fully saturated rings. The van der Waals surface area contributed by atoms with Gasteiger partial charge in [0.25, 0.3) is 11.6 Å². The number of aromatic hydroxyl groups is 1. The van der Waals surface area contributed by atoms with Crippen molar-refractivity contribution >= 4 is 40.7 Å². The summed E-state index contributed by atoms with van der Waals surface area (Å²) >= 11 is 6.44. The maximum atomic E-state index is 12.4. The molecule has 1 N–H and O–H groups in total. The van der Waals surface area contributed by atoms with Crippen LogP contribution in [0.5, 0.6) is 5.88 Å². The molecule has 7 nitrogen and oxygen atoms in total. The Labute approximate surface area is 161 Å². The van der Waals surface area contributed by atoms with Crippen molar-refractivity contribution in [1.29, 1.82) is 0 Å². The number of carbonyl (C=O) groups excluding carboxylic acids is 1. The van der Waals surface area contributed by atoms with Crippen LogP contribution in [0, 0.1) is 14.1 Å². The summed E-state index contributed by atoms with van der Waals surface area (Å²) in [5, 5.41) is 22.4. The third-order valence-electron chi connectivity index (χ3n) is 4.18. The molecule has 0 saturated carbocycles. The van der Waals surface area contributed by atoms with E-state index in [1.54, 1.807) is 0 Å². The highest BCUT2D eigenvalue weighted by Gasteiger charge is 2.26. The second-order valence-corrected chi connectivity index (χ2v) is 7.49. The van der Waals surface area contributed by atoms with Crippen molar-refractivity contribution in [2.45, 2.75) is 6.54 Å². The molecule has 0 spiro atoms. The number of thiazole rings is 1. The van der Waals surface area contributed by atoms with Crippen molar-refractivity contribution < 1.29 is 14.8 Å². The zero-order chi connectivity index (χ0) is 19.1. The highest BCUT2D eigenvalue weighted by Crippen LogP contribution is 2.33. The Hall–Kier alpha value is -3.17. The molecule has 2 aromatic carbocycles. The smallest absolute Gasteiger partial charge is 0.279 e. The molecule has 1 aliphatic rings. The van der Waals surface area contributed by atoms with Crippen LogP contribution in [0.3, 0.4) is 0 Å². The van der Waals surface area contributed by atoms with E-state index in [0.717, 1.165) is 16.9 Å². The quantitative estimate of drug-likeness (QED) is 0.414. The van der Waals surface area contributed by atoms with Crippen molar-refractivity contribution in [2.24, 2.45) is 4.99 Å². The van der Waals surface area contributed by atoms with Crippen LogP contribution in [0.25, 0.3) is 5.57 Å². The number of nitro benzene ring substituents is 1. The number of fused-ring (bicyclic) bond motifs is 1. The molecule has 134 valence electrons. The highest BCUT2D eigenvalue weighted by atomic mass is 32.1. The van der Waals surface area contributed by atoms with E-state index in [2.05, 4.69) is 4.99 Å². The Morgan fingerprint density at radius 3 is 2.67 bits per heavy atom. The maximum Gasteiger partial charge on any atom is 0.279 e. The van der Waals surface area contributed by atoms with E-state index in [1.165, 1.54) is 22.8 Å². The standard InChI is InChI=1S/C18H11N3O4S2/c22-16-14(12-8-11(21(24)25)6-7-13(12)19-16)15-17(23)20(18(26)27-15)9-10-4-2-1-3-5-10/h1-8,23H,9H2. The molecule has 0 atom stereocenters. The third kappa shape index (κ3) is 2.96. The minimum Gasteiger partial charge on any atom is -0.493 e. The van der Waals surface area contributed by atoms with Gasteiger partial charge in [-0.15, -0.1) is 11.3 Å². The van der Waals surface area contributed by atoms with Crippen LogP contribution in [0.2, 0.25) is 0 Å². The summed E-state index contributed by atoms with van der Waals surface area (Å²) in [6.45, 7) is 0.350. The molecule has 0 bridgehead atoms. The van der Waals surface area contributed by atoms with Crippen LogP contribution < -0.4 is 10.6 Å². The lowest BCUT2D eigenvalue weighted by atomic mass is 10.1. The minimum atomic E-state index is -0.552. The van der Waals surface area contributed by atoms with Gasteiger partial charge in [0.1, 0.15) is 4.88 Å². The first-order chi connectivity index (χ1) is 13.0. The average Bonchev–Trinajstić information content (AvgIpc) is 3.12. The average molecular weight is 397 g/mol. The Morgan fingerprint density at radius 1 is 1.22 bits per heavy atom. The second-order valence-electron chi connectivity index (χ2n) is 5.84. The zero-order valence-corrected chi connectivity index (χ0v) is 15.3. The van der Waals surface area contributed by atoms with Crippen molar-refractivity contribution in [3.8, 4) is 5.88 Å². The normalized spacial score (nSPS) is 12.7. The van der Waals surface area contributed by atoms with Crippen LogP contribution in [0.15, 0.2) is 53.5 Å². The van der Waals surface area contributed by atoms with E-state index in [4.69, 9.17) is 12.2 Å². The molecule has 0 radical (unpaired) electrons. The van der Waals surface area contributed by atoms with Gasteiger partial charge in [0.2, 0.25) is 5.88 Å². The van der Waals surface area contributed by atoms with Gasteiger partial charge in [0.05, 0.1) is 22.4 Å². The third-order valence-corrected chi connectivity index (χ3v) is 5.63. The Kier molecular flexibility index (Phi) is 4.17. The molecule has 3 aromatic rings. The monoisotopic (exact) mass is 397 g/mol. The van der Waals surface area contributed by atoms with Crippen molar-refractivity contribution in [2.75, 3.05) is 0 Å². The fraction of sp³-hybridized carbons (Fsp3) is 0.0556. The van der Waals surface area contributed by atoms with Gasteiger partial charge in [0, 0.05) is 17.4 Å². The summed E-state index contributed by atoms with van der Waals surface area (Å²) in [5.41, 5.74) is 0.925. The number of nitro groups is 1. The Morgan fingerprint density at radius 2 is 1.96 bits per heavy atom. The summed E-state index contributed by atoms with van der Waals surface area (Å²) in [6, 6.07) is 13.5. The largest absolute Gasteiger partial charge is 0.493 e. The molecule has 2 heterocycles. The predicted octanol–water partition coefficient (Wildman–Crippen LogP) is 2.30. The molecule has 0 unspecified atom stereocenters. The second kappa shape index (κ2) is 6.53. The number of amides is 1. The summed E-state index contributed by atoms with van der Waals surface area (Å²) in [5.74, 6) is -0.698. The van der Waals surface area contributed by atoms with E-state index in [0.29, 0.717) is 21.1 Å². The van der Waals surface area contributed by atoms with Crippen molar-refractivity contribution in [3.05, 3.63) is 83.6 Å². The Bertz CT molecular complexity index is 1280. The van der Waals surface area contributed by atoms with E-state index >= 15 is 0 Å². The topological polar surface area (TPSA) is 97.7 Å². The van der Waals surface area contributed by atoms with Gasteiger partial charge in [-0.25, -0.2) is 4.99 Å². The number of aromatic nitrogens is 1. The van der Waals surface area contributed by atoms with Crippen LogP contribution >= 0.6 is 23.6 Å². The van der Waals surface area contributed by atoms with Crippen LogP contribution in [-0.4, -0.2) is 20.5 Å². The Balaban J connectivity index is 1.90. The minimum absolute atomic E-state index is 0.133. The summed E-state index contributed by atoms with van der Waals surface area (Å²) in [6.07, 6.45) is 0. The fourth-order valence-electron chi connectivity index (χ4n) is 2.90. The number of nitrogens with zero attached hydrogens (tertiary/aromatic N) is 3. The highest BCUT2D eigenvalue weighted by molar-refractivity contribution is 7.73. The van der Waals surface area contributed by atoms with Crippen LogP contribution in [-0.2, 0) is 11.3 Å². The number of hydrogen-bond acceptors (Lipinski definition) is 6. The van der Waals surface area contributed by atoms with Crippen LogP contribution in [0.1, 0.15) is 10.4 Å². The van der Waals surface area contributed by atoms with Gasteiger partial charge < -0.3 is 5.11 Å². The SMILES string of the molecule is O=C1N=c2ccc([N+](=O)[O-])cc2=C1c1sc(=S)n(Cc2ccccc2)c1O. The number of rotatable bonds is 4. The van der Waals surface area contributed by atoms with Gasteiger partial charge in [-0.05, 0) is 23.8 Å². The number of non-ortho nitro benzene ring substituents is 1. The van der Waals surface area contributed by atoms with E-state index in [1.807, 2.05) is 30.3 Å². The first-order valence-electron chi connectivity index (χ1n) is 7.84. The molecule has 1 aromatic heterocycles. The number of carbonyl (C=O) groups is 1. The lowest BCUT2D eigenvalue weighted by Crippen LogP contribution is -2.23. The predicted molar refractivity (Wildman–Crippen MR) is 102 cm³/mol. The lowest BCUT2D eigenvalue weighted by molar-refractivity contribution is -0.385. The van der Waals surface area contributed by atoms with Crippen molar-refractivity contribution in [3.63, 3.8) is 0 Å². The first-order valence-corrected chi connectivity index (χ1v) is 9.07. The van der Waals surface area contributed by atoms with Gasteiger partial charge in [-0.1, -0.05) is 30.3 Å². The van der Waals surface area contributed by atoms with Gasteiger partial charge >= 0.3 is 0 Å². The fourth-order valence-corrected chi connectivity index (χ4v) is 4.24. The van der Waals surface area contributed by atoms with Crippen molar-refractivity contribution in [1.82, 2.24) is 4.57 Å². The molecule has 1 aliphatic heterocycles. The zero-order valence-electron chi connectivity index (χ0n) is 13.7. The molecule has 0 saturated heterocycles. The van der Waals surface area contributed by atoms with E-state index in [9.17, 15) is 20.0 Å². The van der Waals surface area contributed by atoms with E-state index in [-0.39, 0.29) is 22.0 Å². The molecular formula is C18H11N3O4S2.